The second-order valence-electron chi connectivity index (χ2n) is 5.19. The second-order valence-corrected chi connectivity index (χ2v) is 5.19. The van der Waals surface area contributed by atoms with Crippen molar-refractivity contribution in [3.05, 3.63) is 35.4 Å². The van der Waals surface area contributed by atoms with Crippen LogP contribution in [0.3, 0.4) is 0 Å². The van der Waals surface area contributed by atoms with Gasteiger partial charge in [0.15, 0.2) is 11.6 Å². The number of nitrogens with two attached hydrogens (primary N) is 1. The van der Waals surface area contributed by atoms with Crippen LogP contribution in [0.2, 0.25) is 0 Å². The lowest BCUT2D eigenvalue weighted by atomic mass is 10.00. The summed E-state index contributed by atoms with van der Waals surface area (Å²) in [6.07, 6.45) is 9.46. The van der Waals surface area contributed by atoms with Crippen molar-refractivity contribution in [1.29, 1.82) is 0 Å². The first-order valence-electron chi connectivity index (χ1n) is 7.35. The van der Waals surface area contributed by atoms with Gasteiger partial charge in [-0.2, -0.15) is 0 Å². The van der Waals surface area contributed by atoms with Gasteiger partial charge in [-0.1, -0.05) is 57.9 Å². The maximum absolute atomic E-state index is 13.1. The van der Waals surface area contributed by atoms with Gasteiger partial charge in [0.25, 0.3) is 0 Å². The van der Waals surface area contributed by atoms with Crippen LogP contribution in [0.5, 0.6) is 0 Å². The van der Waals surface area contributed by atoms with Gasteiger partial charge in [0, 0.05) is 6.04 Å². The molecule has 3 heteroatoms. The minimum absolute atomic E-state index is 0.189. The molecule has 1 aromatic rings. The first-order valence-corrected chi connectivity index (χ1v) is 7.35. The fraction of sp³-hybridized carbons (Fsp3) is 0.625. The molecular weight excluding hydrogens is 244 g/mol. The van der Waals surface area contributed by atoms with Crippen molar-refractivity contribution in [3.63, 3.8) is 0 Å². The molecule has 0 amide bonds. The zero-order valence-electron chi connectivity index (χ0n) is 11.8. The van der Waals surface area contributed by atoms with Gasteiger partial charge in [-0.05, 0) is 24.1 Å². The van der Waals surface area contributed by atoms with Crippen molar-refractivity contribution in [2.75, 3.05) is 0 Å². The van der Waals surface area contributed by atoms with Crippen molar-refractivity contribution >= 4 is 0 Å². The molecule has 0 aliphatic rings. The van der Waals surface area contributed by atoms with Crippen molar-refractivity contribution in [1.82, 2.24) is 0 Å². The highest BCUT2D eigenvalue weighted by Crippen LogP contribution is 2.20. The molecule has 1 atom stereocenters. The summed E-state index contributed by atoms with van der Waals surface area (Å²) >= 11 is 0. The van der Waals surface area contributed by atoms with Gasteiger partial charge in [-0.15, -0.1) is 0 Å². The van der Waals surface area contributed by atoms with E-state index in [9.17, 15) is 8.78 Å². The Labute approximate surface area is 115 Å². The Balaban J connectivity index is 2.20. The van der Waals surface area contributed by atoms with Gasteiger partial charge < -0.3 is 5.73 Å². The molecule has 1 nitrogen and oxygen atoms in total. The first-order chi connectivity index (χ1) is 9.15. The SMILES string of the molecule is CCCCCCCCCC(N)c1ccc(F)c(F)c1. The van der Waals surface area contributed by atoms with Crippen LogP contribution in [0, 0.1) is 11.6 Å². The molecular formula is C16H25F2N. The summed E-state index contributed by atoms with van der Waals surface area (Å²) in [5.74, 6) is -1.63. The van der Waals surface area contributed by atoms with Crippen LogP contribution in [-0.4, -0.2) is 0 Å². The quantitative estimate of drug-likeness (QED) is 0.620. The lowest BCUT2D eigenvalue weighted by molar-refractivity contribution is 0.500. The van der Waals surface area contributed by atoms with E-state index in [1.54, 1.807) is 6.07 Å². The molecule has 1 unspecified atom stereocenters. The van der Waals surface area contributed by atoms with E-state index >= 15 is 0 Å². The van der Waals surface area contributed by atoms with Crippen molar-refractivity contribution in [2.24, 2.45) is 5.73 Å². The van der Waals surface area contributed by atoms with Gasteiger partial charge in [-0.25, -0.2) is 8.78 Å². The van der Waals surface area contributed by atoms with Crippen LogP contribution in [-0.2, 0) is 0 Å². The summed E-state index contributed by atoms with van der Waals surface area (Å²) in [6.45, 7) is 2.21. The molecule has 0 saturated heterocycles. The molecule has 19 heavy (non-hydrogen) atoms. The fourth-order valence-electron chi connectivity index (χ4n) is 2.23. The molecule has 0 radical (unpaired) electrons. The predicted octanol–water partition coefficient (Wildman–Crippen LogP) is 5.11. The highest BCUT2D eigenvalue weighted by atomic mass is 19.2. The number of unbranched alkanes of at least 4 members (excludes halogenated alkanes) is 6. The number of benzene rings is 1. The predicted molar refractivity (Wildman–Crippen MR) is 75.9 cm³/mol. The van der Waals surface area contributed by atoms with Gasteiger partial charge in [0.2, 0.25) is 0 Å². The molecule has 0 aliphatic carbocycles. The highest BCUT2D eigenvalue weighted by Gasteiger charge is 2.09. The van der Waals surface area contributed by atoms with Gasteiger partial charge >= 0.3 is 0 Å². The third-order valence-corrected chi connectivity index (χ3v) is 3.49. The Morgan fingerprint density at radius 2 is 1.58 bits per heavy atom. The van der Waals surface area contributed by atoms with Crippen LogP contribution in [0.25, 0.3) is 0 Å². The number of rotatable bonds is 9. The fourth-order valence-corrected chi connectivity index (χ4v) is 2.23. The largest absolute Gasteiger partial charge is 0.324 e. The van der Waals surface area contributed by atoms with E-state index in [4.69, 9.17) is 5.73 Å². The zero-order valence-corrected chi connectivity index (χ0v) is 11.8. The van der Waals surface area contributed by atoms with E-state index in [1.807, 2.05) is 0 Å². The molecule has 0 aromatic heterocycles. The van der Waals surface area contributed by atoms with Crippen LogP contribution >= 0.6 is 0 Å². The standard InChI is InChI=1S/C16H25F2N/c1-2-3-4-5-6-7-8-9-16(19)13-10-11-14(17)15(18)12-13/h10-12,16H,2-9,19H2,1H3. The molecule has 0 bridgehead atoms. The minimum Gasteiger partial charge on any atom is -0.324 e. The monoisotopic (exact) mass is 269 g/mol. The molecule has 0 spiro atoms. The smallest absolute Gasteiger partial charge is 0.159 e. The van der Waals surface area contributed by atoms with E-state index in [-0.39, 0.29) is 6.04 Å². The number of hydrogen-bond acceptors (Lipinski definition) is 1. The van der Waals surface area contributed by atoms with Crippen LogP contribution in [0.1, 0.15) is 69.9 Å². The van der Waals surface area contributed by atoms with Crippen molar-refractivity contribution < 1.29 is 8.78 Å². The summed E-state index contributed by atoms with van der Waals surface area (Å²) in [5, 5.41) is 0. The number of halogens is 2. The summed E-state index contributed by atoms with van der Waals surface area (Å²) in [5.41, 5.74) is 6.67. The van der Waals surface area contributed by atoms with E-state index < -0.39 is 11.6 Å². The zero-order chi connectivity index (χ0) is 14.1. The van der Waals surface area contributed by atoms with Crippen LogP contribution in [0.15, 0.2) is 18.2 Å². The molecule has 108 valence electrons. The Kier molecular flexibility index (Phi) is 7.65. The van der Waals surface area contributed by atoms with Crippen molar-refractivity contribution in [2.45, 2.75) is 64.3 Å². The van der Waals surface area contributed by atoms with E-state index in [0.717, 1.165) is 18.9 Å². The third kappa shape index (κ3) is 6.15. The summed E-state index contributed by atoms with van der Waals surface area (Å²) in [4.78, 5) is 0. The average Bonchev–Trinajstić information content (AvgIpc) is 2.40. The minimum atomic E-state index is -0.813. The second kappa shape index (κ2) is 9.03. The van der Waals surface area contributed by atoms with E-state index in [0.29, 0.717) is 5.56 Å². The van der Waals surface area contributed by atoms with Crippen LogP contribution in [0.4, 0.5) is 8.78 Å². The topological polar surface area (TPSA) is 26.0 Å². The van der Waals surface area contributed by atoms with Gasteiger partial charge in [-0.3, -0.25) is 0 Å². The molecule has 0 fully saturated rings. The summed E-state index contributed by atoms with van der Waals surface area (Å²) in [7, 11) is 0. The first kappa shape index (κ1) is 16.1. The third-order valence-electron chi connectivity index (χ3n) is 3.49. The normalized spacial score (nSPS) is 12.6. The molecule has 2 N–H and O–H groups in total. The van der Waals surface area contributed by atoms with Gasteiger partial charge in [0.05, 0.1) is 0 Å². The highest BCUT2D eigenvalue weighted by molar-refractivity contribution is 5.20. The van der Waals surface area contributed by atoms with Crippen LogP contribution < -0.4 is 5.73 Å². The Morgan fingerprint density at radius 3 is 2.21 bits per heavy atom. The Hall–Kier alpha value is -0.960. The van der Waals surface area contributed by atoms with E-state index in [2.05, 4.69) is 6.92 Å². The number of hydrogen-bond donors (Lipinski definition) is 1. The molecule has 0 saturated carbocycles. The Bertz CT molecular complexity index is 366. The summed E-state index contributed by atoms with van der Waals surface area (Å²) in [6, 6.07) is 3.74. The maximum atomic E-state index is 13.1. The Morgan fingerprint density at radius 1 is 0.947 bits per heavy atom. The lowest BCUT2D eigenvalue weighted by Crippen LogP contribution is -2.10. The molecule has 0 heterocycles. The molecule has 1 rings (SSSR count). The summed E-state index contributed by atoms with van der Waals surface area (Å²) < 4.78 is 25.9. The molecule has 0 aliphatic heterocycles. The maximum Gasteiger partial charge on any atom is 0.159 e. The van der Waals surface area contributed by atoms with E-state index in [1.165, 1.54) is 44.6 Å². The average molecular weight is 269 g/mol. The lowest BCUT2D eigenvalue weighted by Gasteiger charge is -2.12. The van der Waals surface area contributed by atoms with Crippen molar-refractivity contribution in [3.8, 4) is 0 Å². The van der Waals surface area contributed by atoms with Gasteiger partial charge in [0.1, 0.15) is 0 Å². The molecule has 1 aromatic carbocycles.